The van der Waals surface area contributed by atoms with Crippen LogP contribution in [-0.4, -0.2) is 26.4 Å². The summed E-state index contributed by atoms with van der Waals surface area (Å²) in [6, 6.07) is 0. The van der Waals surface area contributed by atoms with E-state index in [1.165, 1.54) is 10.9 Å². The van der Waals surface area contributed by atoms with Gasteiger partial charge in [0.25, 0.3) is 0 Å². The monoisotopic (exact) mass is 200 g/mol. The van der Waals surface area contributed by atoms with E-state index in [-0.39, 0.29) is 0 Å². The summed E-state index contributed by atoms with van der Waals surface area (Å²) in [6.07, 6.45) is 5.16. The molecule has 0 aromatic carbocycles. The van der Waals surface area contributed by atoms with Crippen LogP contribution in [0, 0.1) is 0 Å². The van der Waals surface area contributed by atoms with Crippen LogP contribution in [-0.2, 0) is 13.0 Å². The predicted octanol–water partition coefficient (Wildman–Crippen LogP) is 0.497. The molecule has 56 valence electrons. The van der Waals surface area contributed by atoms with Gasteiger partial charge in [0, 0.05) is 0 Å². The Morgan fingerprint density at radius 1 is 1.70 bits per heavy atom. The molecule has 0 amide bonds. The Bertz CT molecular complexity index is 195. The number of hydrogen-bond acceptors (Lipinski definition) is 1. The van der Waals surface area contributed by atoms with E-state index in [9.17, 15) is 0 Å². The first kappa shape index (κ1) is 7.87. The molecule has 1 atom stereocenters. The fraction of sp³-hybridized carbons (Fsp3) is 0.571. The Balaban J connectivity index is 2.59. The van der Waals surface area contributed by atoms with Crippen molar-refractivity contribution in [3.8, 4) is 0 Å². The number of aromatic nitrogens is 2. The number of aryl methyl sites for hydroxylation is 2. The summed E-state index contributed by atoms with van der Waals surface area (Å²) in [5.74, 6) is 0. The van der Waals surface area contributed by atoms with E-state index < -0.39 is 0 Å². The molecule has 0 aliphatic rings. The first-order valence-electron chi connectivity index (χ1n) is 3.57. The predicted molar refractivity (Wildman–Crippen MR) is 45.0 cm³/mol. The van der Waals surface area contributed by atoms with E-state index in [0.717, 1.165) is 13.0 Å². The van der Waals surface area contributed by atoms with Gasteiger partial charge in [0.05, 0.1) is 0 Å². The Hall–Kier alpha value is -0.232. The Kier molecular flexibility index (Phi) is 3.01. The van der Waals surface area contributed by atoms with Crippen molar-refractivity contribution in [2.75, 3.05) is 0 Å². The van der Waals surface area contributed by atoms with Crippen LogP contribution in [0.1, 0.15) is 12.6 Å². The third-order valence-electron chi connectivity index (χ3n) is 1.45. The average Bonchev–Trinajstić information content (AvgIpc) is 2.37. The average molecular weight is 200 g/mol. The molecule has 0 saturated heterocycles. The summed E-state index contributed by atoms with van der Waals surface area (Å²) in [4.78, 5) is 4.25. The molecule has 0 spiro atoms. The fourth-order valence-electron chi connectivity index (χ4n) is 0.856. The second-order valence-electron chi connectivity index (χ2n) is 2.23. The molecule has 1 aromatic rings. The number of nitrogens with zero attached hydrogens (tertiary/aromatic N) is 2. The second-order valence-corrected chi connectivity index (χ2v) is 3.45. The van der Waals surface area contributed by atoms with Crippen molar-refractivity contribution in [2.45, 2.75) is 25.1 Å². The summed E-state index contributed by atoms with van der Waals surface area (Å²) in [5, 5.41) is 1.24. The Labute approximate surface area is 70.2 Å². The fourth-order valence-corrected chi connectivity index (χ4v) is 1.48. The van der Waals surface area contributed by atoms with Gasteiger partial charge in [-0.25, -0.2) is 0 Å². The van der Waals surface area contributed by atoms with Gasteiger partial charge in [-0.1, -0.05) is 0 Å². The first-order chi connectivity index (χ1) is 4.86. The Morgan fingerprint density at radius 3 is 3.00 bits per heavy atom. The van der Waals surface area contributed by atoms with Crippen LogP contribution in [0.2, 0.25) is 5.21 Å². The summed E-state index contributed by atoms with van der Waals surface area (Å²) in [5.41, 5.74) is 1.23. The first-order valence-corrected chi connectivity index (χ1v) is 5.29. The molecule has 2 nitrogen and oxygen atoms in total. The number of rotatable bonds is 3. The van der Waals surface area contributed by atoms with Crippen LogP contribution in [0.15, 0.2) is 12.5 Å². The van der Waals surface area contributed by atoms with Gasteiger partial charge in [-0.15, -0.1) is 0 Å². The zero-order chi connectivity index (χ0) is 7.40. The van der Waals surface area contributed by atoms with Crippen LogP contribution in [0.5, 0.6) is 0 Å². The van der Waals surface area contributed by atoms with Crippen molar-refractivity contribution < 1.29 is 0 Å². The standard InChI is InChI=1S/C7H13AsN2/c1-2-10-5-7(3-4-8)9-6-10/h5-6H,2-4,8H2,1H3. The van der Waals surface area contributed by atoms with Crippen LogP contribution in [0.3, 0.4) is 0 Å². The Morgan fingerprint density at radius 2 is 2.50 bits per heavy atom. The molecule has 0 aliphatic heterocycles. The molecule has 0 aliphatic carbocycles. The molecule has 1 unspecified atom stereocenters. The van der Waals surface area contributed by atoms with E-state index in [2.05, 4.69) is 22.7 Å². The quantitative estimate of drug-likeness (QED) is 0.649. The topological polar surface area (TPSA) is 17.8 Å². The van der Waals surface area contributed by atoms with Gasteiger partial charge in [0.2, 0.25) is 0 Å². The van der Waals surface area contributed by atoms with Gasteiger partial charge in [-0.05, 0) is 0 Å². The molecule has 1 aromatic heterocycles. The molecule has 0 fully saturated rings. The molecule has 0 N–H and O–H groups in total. The van der Waals surface area contributed by atoms with Crippen molar-refractivity contribution in [2.24, 2.45) is 0 Å². The van der Waals surface area contributed by atoms with Crippen molar-refractivity contribution in [1.29, 1.82) is 0 Å². The molecule has 0 saturated carbocycles. The molecule has 1 rings (SSSR count). The van der Waals surface area contributed by atoms with E-state index in [4.69, 9.17) is 0 Å². The molecular formula is C7H13AsN2. The van der Waals surface area contributed by atoms with Crippen LogP contribution in [0.4, 0.5) is 0 Å². The van der Waals surface area contributed by atoms with Gasteiger partial charge < -0.3 is 0 Å². The molecule has 10 heavy (non-hydrogen) atoms. The third kappa shape index (κ3) is 1.88. The maximum atomic E-state index is 4.25. The minimum atomic E-state index is 1.03. The van der Waals surface area contributed by atoms with Crippen molar-refractivity contribution in [3.05, 3.63) is 18.2 Å². The summed E-state index contributed by atoms with van der Waals surface area (Å²) < 4.78 is 2.11. The minimum absolute atomic E-state index is 1.03. The van der Waals surface area contributed by atoms with Crippen LogP contribution < -0.4 is 0 Å². The van der Waals surface area contributed by atoms with Crippen molar-refractivity contribution >= 4 is 16.9 Å². The van der Waals surface area contributed by atoms with Crippen LogP contribution >= 0.6 is 0 Å². The zero-order valence-electron chi connectivity index (χ0n) is 6.25. The van der Waals surface area contributed by atoms with Crippen molar-refractivity contribution in [1.82, 2.24) is 9.55 Å². The number of hydrogen-bond donors (Lipinski definition) is 0. The van der Waals surface area contributed by atoms with E-state index in [0.29, 0.717) is 0 Å². The van der Waals surface area contributed by atoms with E-state index in [1.807, 2.05) is 6.33 Å². The molecule has 0 bridgehead atoms. The second kappa shape index (κ2) is 3.82. The van der Waals surface area contributed by atoms with Crippen molar-refractivity contribution in [3.63, 3.8) is 0 Å². The summed E-state index contributed by atoms with van der Waals surface area (Å²) in [7, 11) is 0. The maximum absolute atomic E-state index is 4.25. The number of imidazole rings is 1. The van der Waals surface area contributed by atoms with Gasteiger partial charge in [0.1, 0.15) is 0 Å². The molecule has 1 heterocycles. The van der Waals surface area contributed by atoms with E-state index in [1.54, 1.807) is 16.9 Å². The SMILES string of the molecule is CCn1cnc(CC[AsH2])c1. The van der Waals surface area contributed by atoms with Gasteiger partial charge in [0.15, 0.2) is 0 Å². The molecule has 0 radical (unpaired) electrons. The molecular weight excluding hydrogens is 187 g/mol. The zero-order valence-corrected chi connectivity index (χ0v) is 8.67. The van der Waals surface area contributed by atoms with Gasteiger partial charge in [-0.2, -0.15) is 0 Å². The van der Waals surface area contributed by atoms with Gasteiger partial charge in [-0.3, -0.25) is 0 Å². The van der Waals surface area contributed by atoms with Crippen LogP contribution in [0.25, 0.3) is 0 Å². The summed E-state index contributed by atoms with van der Waals surface area (Å²) in [6.45, 7) is 3.16. The van der Waals surface area contributed by atoms with Gasteiger partial charge >= 0.3 is 69.7 Å². The normalized spacial score (nSPS) is 10.2. The summed E-state index contributed by atoms with van der Waals surface area (Å²) >= 11 is 1.77. The van der Waals surface area contributed by atoms with E-state index >= 15 is 0 Å². The molecule has 3 heteroatoms. The third-order valence-corrected chi connectivity index (χ3v) is 2.06.